The minimum Gasteiger partial charge on any atom is -0.390 e. The highest BCUT2D eigenvalue weighted by Crippen LogP contribution is 2.32. The van der Waals surface area contributed by atoms with Crippen LogP contribution < -0.4 is 0 Å². The predicted molar refractivity (Wildman–Crippen MR) is 106 cm³/mol. The molecule has 1 aliphatic rings. The van der Waals surface area contributed by atoms with Crippen LogP contribution in [0, 0.1) is 23.7 Å². The average Bonchev–Trinajstić information content (AvgIpc) is 2.65. The van der Waals surface area contributed by atoms with Gasteiger partial charge in [0.05, 0.1) is 24.4 Å². The molecule has 0 aromatic rings. The molecule has 26 heavy (non-hydrogen) atoms. The van der Waals surface area contributed by atoms with E-state index in [0.29, 0.717) is 17.8 Å². The Morgan fingerprint density at radius 2 is 1.73 bits per heavy atom. The Balaban J connectivity index is 0.000000481. The number of ether oxygens (including phenoxy) is 3. The molecule has 0 aromatic carbocycles. The summed E-state index contributed by atoms with van der Waals surface area (Å²) in [6.45, 7) is 16.0. The van der Waals surface area contributed by atoms with Crippen LogP contribution in [0.1, 0.15) is 54.4 Å². The van der Waals surface area contributed by atoms with Crippen LogP contribution in [0.15, 0.2) is 12.7 Å². The second-order valence-electron chi connectivity index (χ2n) is 7.52. The monoisotopic (exact) mass is 374 g/mol. The van der Waals surface area contributed by atoms with Gasteiger partial charge in [0, 0.05) is 20.1 Å². The van der Waals surface area contributed by atoms with Crippen molar-refractivity contribution in [2.75, 3.05) is 14.2 Å². The maximum atomic E-state index is 9.67. The van der Waals surface area contributed by atoms with E-state index in [1.54, 1.807) is 14.2 Å². The van der Waals surface area contributed by atoms with Gasteiger partial charge in [0.1, 0.15) is 0 Å². The second-order valence-corrected chi connectivity index (χ2v) is 7.52. The molecule has 0 radical (unpaired) electrons. The normalized spacial score (nSPS) is 33.4. The minimum absolute atomic E-state index is 0.0335. The van der Waals surface area contributed by atoms with Gasteiger partial charge in [0.2, 0.25) is 0 Å². The molecule has 0 spiro atoms. The van der Waals surface area contributed by atoms with E-state index in [1.165, 1.54) is 0 Å². The van der Waals surface area contributed by atoms with Gasteiger partial charge < -0.3 is 24.4 Å². The van der Waals surface area contributed by atoms with E-state index in [4.69, 9.17) is 14.2 Å². The largest absolute Gasteiger partial charge is 0.390 e. The fourth-order valence-corrected chi connectivity index (χ4v) is 3.44. The lowest BCUT2D eigenvalue weighted by Crippen LogP contribution is -2.49. The van der Waals surface area contributed by atoms with Gasteiger partial charge in [0.25, 0.3) is 0 Å². The molecule has 5 heteroatoms. The molecular formula is C21H42O5. The summed E-state index contributed by atoms with van der Waals surface area (Å²) in [6.07, 6.45) is 2.57. The molecule has 2 N–H and O–H groups in total. The van der Waals surface area contributed by atoms with Crippen LogP contribution in [0.25, 0.3) is 0 Å². The molecule has 0 aliphatic carbocycles. The molecule has 0 amide bonds. The van der Waals surface area contributed by atoms with Crippen molar-refractivity contribution in [1.29, 1.82) is 0 Å². The van der Waals surface area contributed by atoms with Crippen molar-refractivity contribution in [3.63, 3.8) is 0 Å². The standard InChI is InChI=1S/C11H22O2.C10H20O3/c1-6-8(3)9(4)11(13-5)10(12)7-2;1-5-8-9(12-4)6(2)7(3)10(11)13-8/h6,8-12H,1,7H2,2-5H3;6-11H,5H2,1-4H3/t8-,9?,10?,11+;6?,7-,8?,9-,10-/m10/s1. The van der Waals surface area contributed by atoms with Gasteiger partial charge >= 0.3 is 0 Å². The Morgan fingerprint density at radius 3 is 2.12 bits per heavy atom. The van der Waals surface area contributed by atoms with Crippen LogP contribution in [0.3, 0.4) is 0 Å². The third kappa shape index (κ3) is 6.93. The van der Waals surface area contributed by atoms with Crippen molar-refractivity contribution in [2.24, 2.45) is 23.7 Å². The Bertz CT molecular complexity index is 373. The van der Waals surface area contributed by atoms with Gasteiger partial charge in [-0.1, -0.05) is 47.6 Å². The number of hydrogen-bond donors (Lipinski definition) is 2. The van der Waals surface area contributed by atoms with Crippen LogP contribution in [-0.4, -0.2) is 55.1 Å². The molecule has 1 rings (SSSR count). The van der Waals surface area contributed by atoms with Crippen molar-refractivity contribution in [3.8, 4) is 0 Å². The zero-order valence-electron chi connectivity index (χ0n) is 18.0. The number of aliphatic hydroxyl groups is 2. The summed E-state index contributed by atoms with van der Waals surface area (Å²) in [6, 6.07) is 0. The number of aliphatic hydroxyl groups excluding tert-OH is 2. The molecule has 1 saturated heterocycles. The molecule has 0 bridgehead atoms. The quantitative estimate of drug-likeness (QED) is 0.635. The van der Waals surface area contributed by atoms with Crippen molar-refractivity contribution in [2.45, 2.75) is 85.1 Å². The van der Waals surface area contributed by atoms with Crippen molar-refractivity contribution in [1.82, 2.24) is 0 Å². The fraction of sp³-hybridized carbons (Fsp3) is 0.905. The smallest absolute Gasteiger partial charge is 0.157 e. The van der Waals surface area contributed by atoms with Gasteiger partial charge in [-0.15, -0.1) is 6.58 Å². The van der Waals surface area contributed by atoms with E-state index in [9.17, 15) is 10.2 Å². The molecule has 0 saturated carbocycles. The highest BCUT2D eigenvalue weighted by molar-refractivity contribution is 4.86. The first kappa shape index (κ1) is 25.5. The Kier molecular flexibility index (Phi) is 12.6. The molecule has 1 aliphatic heterocycles. The lowest BCUT2D eigenvalue weighted by molar-refractivity contribution is -0.248. The Labute approximate surface area is 160 Å². The molecule has 4 unspecified atom stereocenters. The third-order valence-electron chi connectivity index (χ3n) is 5.94. The van der Waals surface area contributed by atoms with E-state index in [0.717, 1.165) is 12.8 Å². The third-order valence-corrected chi connectivity index (χ3v) is 5.94. The summed E-state index contributed by atoms with van der Waals surface area (Å²) in [5, 5.41) is 19.3. The van der Waals surface area contributed by atoms with Gasteiger partial charge in [-0.3, -0.25) is 0 Å². The van der Waals surface area contributed by atoms with Crippen molar-refractivity contribution >= 4 is 0 Å². The maximum Gasteiger partial charge on any atom is 0.157 e. The predicted octanol–water partition coefficient (Wildman–Crippen LogP) is 3.63. The van der Waals surface area contributed by atoms with Gasteiger partial charge in [-0.05, 0) is 30.6 Å². The zero-order valence-corrected chi connectivity index (χ0v) is 18.0. The fourth-order valence-electron chi connectivity index (χ4n) is 3.44. The number of methoxy groups -OCH3 is 2. The summed E-state index contributed by atoms with van der Waals surface area (Å²) in [7, 11) is 3.35. The first-order valence-electron chi connectivity index (χ1n) is 9.89. The zero-order chi connectivity index (χ0) is 20.4. The van der Waals surface area contributed by atoms with E-state index in [2.05, 4.69) is 27.4 Å². The molecule has 9 atom stereocenters. The highest BCUT2D eigenvalue weighted by Gasteiger charge is 2.39. The maximum absolute atomic E-state index is 9.67. The first-order valence-corrected chi connectivity index (χ1v) is 9.89. The van der Waals surface area contributed by atoms with Crippen LogP contribution in [-0.2, 0) is 14.2 Å². The molecule has 1 fully saturated rings. The molecule has 0 aromatic heterocycles. The van der Waals surface area contributed by atoms with Crippen molar-refractivity contribution < 1.29 is 24.4 Å². The molecule has 156 valence electrons. The lowest BCUT2D eigenvalue weighted by Gasteiger charge is -2.41. The Morgan fingerprint density at radius 1 is 1.15 bits per heavy atom. The van der Waals surface area contributed by atoms with Gasteiger partial charge in [-0.25, -0.2) is 0 Å². The second kappa shape index (κ2) is 12.8. The molecular weight excluding hydrogens is 332 g/mol. The summed E-state index contributed by atoms with van der Waals surface area (Å²) < 4.78 is 16.1. The van der Waals surface area contributed by atoms with Crippen LogP contribution in [0.2, 0.25) is 0 Å². The average molecular weight is 375 g/mol. The number of allylic oxidation sites excluding steroid dienone is 1. The van der Waals surface area contributed by atoms with Gasteiger partial charge in [-0.2, -0.15) is 0 Å². The summed E-state index contributed by atoms with van der Waals surface area (Å²) in [5.74, 6) is 1.16. The Hall–Kier alpha value is -0.460. The van der Waals surface area contributed by atoms with Crippen LogP contribution in [0.5, 0.6) is 0 Å². The summed E-state index contributed by atoms with van der Waals surface area (Å²) >= 11 is 0. The number of hydrogen-bond acceptors (Lipinski definition) is 5. The van der Waals surface area contributed by atoms with E-state index >= 15 is 0 Å². The minimum atomic E-state index is -0.633. The summed E-state index contributed by atoms with van der Waals surface area (Å²) in [5.41, 5.74) is 0. The SMILES string of the molecule is C=C[C@@H](C)C(C)[C@H](OC)C(O)CC.CCC1O[C@H](O)[C@@H](C)C(C)[C@@H]1OC. The van der Waals surface area contributed by atoms with E-state index in [1.807, 2.05) is 26.8 Å². The number of rotatable bonds is 8. The lowest BCUT2D eigenvalue weighted by atomic mass is 9.84. The van der Waals surface area contributed by atoms with Crippen LogP contribution >= 0.6 is 0 Å². The van der Waals surface area contributed by atoms with Gasteiger partial charge in [0.15, 0.2) is 6.29 Å². The molecule has 1 heterocycles. The summed E-state index contributed by atoms with van der Waals surface area (Å²) in [4.78, 5) is 0. The molecule has 5 nitrogen and oxygen atoms in total. The first-order chi connectivity index (χ1) is 12.2. The topological polar surface area (TPSA) is 68.2 Å². The van der Waals surface area contributed by atoms with Crippen molar-refractivity contribution in [3.05, 3.63) is 12.7 Å². The van der Waals surface area contributed by atoms with E-state index < -0.39 is 6.29 Å². The highest BCUT2D eigenvalue weighted by atomic mass is 16.6. The van der Waals surface area contributed by atoms with E-state index in [-0.39, 0.29) is 30.3 Å². The van der Waals surface area contributed by atoms with Crippen LogP contribution in [0.4, 0.5) is 0 Å².